The van der Waals surface area contributed by atoms with Crippen molar-refractivity contribution in [2.75, 3.05) is 19.7 Å². The Morgan fingerprint density at radius 3 is 1.94 bits per heavy atom. The van der Waals surface area contributed by atoms with E-state index in [1.54, 1.807) is 0 Å². The highest BCUT2D eigenvalue weighted by molar-refractivity contribution is 5.42. The first-order valence-electron chi connectivity index (χ1n) is 13.3. The Morgan fingerprint density at radius 1 is 0.833 bits per heavy atom. The molecule has 1 fully saturated rings. The van der Waals surface area contributed by atoms with Crippen molar-refractivity contribution in [1.82, 2.24) is 4.90 Å². The number of likely N-dealkylation sites (tertiary alicyclic amines) is 1. The number of hydrogen-bond acceptors (Lipinski definition) is 4. The molecule has 0 saturated carbocycles. The van der Waals surface area contributed by atoms with Crippen molar-refractivity contribution in [2.45, 2.75) is 70.1 Å². The fourth-order valence-electron chi connectivity index (χ4n) is 5.22. The first-order chi connectivity index (χ1) is 17.3. The van der Waals surface area contributed by atoms with Gasteiger partial charge < -0.3 is 14.9 Å². The molecule has 0 aromatic heterocycles. The standard InChI is InChI=1S/C32H41NO3/c1-31(2,3)27-18-19-28(29(34)24-27)32(35,33-21-11-6-12-22-33)20-13-23-36-30(25-14-7-4-8-15-25)26-16-9-5-10-17-26/h4-5,7-10,14-19,24,30,34-35H,6,11-13,20-23H2,1-3H3. The number of piperidine rings is 1. The maximum atomic E-state index is 12.1. The van der Waals surface area contributed by atoms with Crippen molar-refractivity contribution < 1.29 is 14.9 Å². The van der Waals surface area contributed by atoms with Crippen LogP contribution in [0.15, 0.2) is 78.9 Å². The van der Waals surface area contributed by atoms with E-state index >= 15 is 0 Å². The number of ether oxygens (including phenoxy) is 1. The summed E-state index contributed by atoms with van der Waals surface area (Å²) in [5, 5.41) is 23.1. The minimum absolute atomic E-state index is 0.0724. The zero-order chi connectivity index (χ0) is 25.6. The lowest BCUT2D eigenvalue weighted by atomic mass is 9.84. The summed E-state index contributed by atoms with van der Waals surface area (Å²) >= 11 is 0. The number of hydrogen-bond donors (Lipinski definition) is 2. The number of aromatic hydroxyl groups is 1. The maximum Gasteiger partial charge on any atom is 0.148 e. The predicted octanol–water partition coefficient (Wildman–Crippen LogP) is 6.91. The third kappa shape index (κ3) is 6.18. The molecule has 3 aromatic rings. The minimum atomic E-state index is -1.22. The van der Waals surface area contributed by atoms with Gasteiger partial charge in [-0.1, -0.05) is 100.0 Å². The SMILES string of the molecule is CC(C)(C)c1ccc(C(O)(CCCOC(c2ccccc2)c2ccccc2)N2CCCCC2)c(O)c1. The van der Waals surface area contributed by atoms with Crippen LogP contribution in [0.3, 0.4) is 0 Å². The van der Waals surface area contributed by atoms with Crippen LogP contribution in [0.4, 0.5) is 0 Å². The van der Waals surface area contributed by atoms with E-state index in [9.17, 15) is 10.2 Å². The fourth-order valence-corrected chi connectivity index (χ4v) is 5.22. The Hall–Kier alpha value is -2.66. The summed E-state index contributed by atoms with van der Waals surface area (Å²) in [6.07, 6.45) is 4.30. The zero-order valence-corrected chi connectivity index (χ0v) is 22.0. The Kier molecular flexibility index (Phi) is 8.50. The number of aliphatic hydroxyl groups is 1. The molecule has 192 valence electrons. The average molecular weight is 488 g/mol. The lowest BCUT2D eigenvalue weighted by Gasteiger charge is -2.43. The van der Waals surface area contributed by atoms with Crippen LogP contribution in [0.25, 0.3) is 0 Å². The second-order valence-corrected chi connectivity index (χ2v) is 11.0. The van der Waals surface area contributed by atoms with Crippen LogP contribution < -0.4 is 0 Å². The van der Waals surface area contributed by atoms with Gasteiger partial charge in [-0.3, -0.25) is 4.90 Å². The van der Waals surface area contributed by atoms with E-state index in [2.05, 4.69) is 49.9 Å². The van der Waals surface area contributed by atoms with Crippen molar-refractivity contribution in [2.24, 2.45) is 0 Å². The first kappa shape index (κ1) is 26.4. The van der Waals surface area contributed by atoms with Crippen molar-refractivity contribution in [3.63, 3.8) is 0 Å². The predicted molar refractivity (Wildman–Crippen MR) is 146 cm³/mol. The number of nitrogens with zero attached hydrogens (tertiary/aromatic N) is 1. The quantitative estimate of drug-likeness (QED) is 0.322. The fraction of sp³-hybridized carbons (Fsp3) is 0.438. The van der Waals surface area contributed by atoms with Gasteiger partial charge in [-0.2, -0.15) is 0 Å². The highest BCUT2D eigenvalue weighted by atomic mass is 16.5. The summed E-state index contributed by atoms with van der Waals surface area (Å²) in [6, 6.07) is 26.3. The van der Waals surface area contributed by atoms with E-state index in [4.69, 9.17) is 4.74 Å². The van der Waals surface area contributed by atoms with Crippen molar-refractivity contribution in [3.8, 4) is 5.75 Å². The lowest BCUT2D eigenvalue weighted by molar-refractivity contribution is -0.134. The smallest absolute Gasteiger partial charge is 0.148 e. The Morgan fingerprint density at radius 2 is 1.42 bits per heavy atom. The van der Waals surface area contributed by atoms with Gasteiger partial charge in [0.05, 0.1) is 0 Å². The van der Waals surface area contributed by atoms with Gasteiger partial charge in [-0.05, 0) is 53.9 Å². The van der Waals surface area contributed by atoms with Crippen LogP contribution >= 0.6 is 0 Å². The van der Waals surface area contributed by atoms with Gasteiger partial charge in [0.1, 0.15) is 17.6 Å². The lowest BCUT2D eigenvalue weighted by Crippen LogP contribution is -2.49. The van der Waals surface area contributed by atoms with Gasteiger partial charge in [-0.15, -0.1) is 0 Å². The van der Waals surface area contributed by atoms with Crippen molar-refractivity contribution >= 4 is 0 Å². The molecule has 1 heterocycles. The summed E-state index contributed by atoms with van der Waals surface area (Å²) in [4.78, 5) is 2.15. The summed E-state index contributed by atoms with van der Waals surface area (Å²) in [6.45, 7) is 8.55. The van der Waals surface area contributed by atoms with Crippen LogP contribution in [0.5, 0.6) is 5.75 Å². The molecular weight excluding hydrogens is 446 g/mol. The number of phenolic OH excluding ortho intramolecular Hbond substituents is 1. The van der Waals surface area contributed by atoms with Gasteiger partial charge in [0.2, 0.25) is 0 Å². The molecule has 2 N–H and O–H groups in total. The maximum absolute atomic E-state index is 12.1. The molecule has 0 bridgehead atoms. The average Bonchev–Trinajstić information content (AvgIpc) is 2.89. The number of benzene rings is 3. The second kappa shape index (κ2) is 11.6. The molecule has 0 spiro atoms. The topological polar surface area (TPSA) is 52.9 Å². The minimum Gasteiger partial charge on any atom is -0.507 e. The van der Waals surface area contributed by atoms with Crippen molar-refractivity contribution in [1.29, 1.82) is 0 Å². The molecule has 1 atom stereocenters. The summed E-state index contributed by atoms with van der Waals surface area (Å²) < 4.78 is 6.43. The van der Waals surface area contributed by atoms with Gasteiger partial charge in [0.25, 0.3) is 0 Å². The van der Waals surface area contributed by atoms with Gasteiger partial charge in [0.15, 0.2) is 0 Å². The van der Waals surface area contributed by atoms with Crippen LogP contribution in [-0.2, 0) is 15.9 Å². The summed E-state index contributed by atoms with van der Waals surface area (Å²) in [7, 11) is 0. The number of rotatable bonds is 9. The summed E-state index contributed by atoms with van der Waals surface area (Å²) in [5.74, 6) is 0.169. The van der Waals surface area contributed by atoms with E-state index in [1.165, 1.54) is 6.42 Å². The molecule has 4 nitrogen and oxygen atoms in total. The molecular formula is C32H41NO3. The molecule has 1 aliphatic heterocycles. The monoisotopic (exact) mass is 487 g/mol. The van der Waals surface area contributed by atoms with Crippen molar-refractivity contribution in [3.05, 3.63) is 101 Å². The van der Waals surface area contributed by atoms with Gasteiger partial charge in [0, 0.05) is 25.3 Å². The van der Waals surface area contributed by atoms with E-state index in [1.807, 2.05) is 54.6 Å². The van der Waals surface area contributed by atoms with Crippen LogP contribution in [-0.4, -0.2) is 34.8 Å². The van der Waals surface area contributed by atoms with Gasteiger partial charge >= 0.3 is 0 Å². The molecule has 3 aromatic carbocycles. The Bertz CT molecular complexity index is 1050. The molecule has 1 unspecified atom stereocenters. The normalized spacial score (nSPS) is 16.7. The third-order valence-electron chi connectivity index (χ3n) is 7.33. The Balaban J connectivity index is 1.52. The highest BCUT2D eigenvalue weighted by Gasteiger charge is 2.39. The van der Waals surface area contributed by atoms with Crippen LogP contribution in [0, 0.1) is 0 Å². The molecule has 0 amide bonds. The Labute approximate surface area is 216 Å². The van der Waals surface area contributed by atoms with Crippen LogP contribution in [0.1, 0.15) is 81.2 Å². The zero-order valence-electron chi connectivity index (χ0n) is 22.0. The molecule has 0 aliphatic carbocycles. The summed E-state index contributed by atoms with van der Waals surface area (Å²) in [5.41, 5.74) is 2.59. The first-order valence-corrected chi connectivity index (χ1v) is 13.3. The van der Waals surface area contributed by atoms with E-state index in [0.717, 1.165) is 42.6 Å². The molecule has 1 aliphatic rings. The van der Waals surface area contributed by atoms with Gasteiger partial charge in [-0.25, -0.2) is 0 Å². The molecule has 36 heavy (non-hydrogen) atoms. The molecule has 0 radical (unpaired) electrons. The molecule has 1 saturated heterocycles. The third-order valence-corrected chi connectivity index (χ3v) is 7.33. The highest BCUT2D eigenvalue weighted by Crippen LogP contribution is 2.40. The van der Waals surface area contributed by atoms with E-state index in [0.29, 0.717) is 25.0 Å². The molecule has 4 heteroatoms. The van der Waals surface area contributed by atoms with E-state index < -0.39 is 5.72 Å². The largest absolute Gasteiger partial charge is 0.507 e. The van der Waals surface area contributed by atoms with Crippen LogP contribution in [0.2, 0.25) is 0 Å². The molecule has 4 rings (SSSR count). The number of phenols is 1. The second-order valence-electron chi connectivity index (χ2n) is 11.0. The van der Waals surface area contributed by atoms with E-state index in [-0.39, 0.29) is 17.3 Å².